The van der Waals surface area contributed by atoms with E-state index < -0.39 is 0 Å². The highest BCUT2D eigenvalue weighted by atomic mass is 16.2. The van der Waals surface area contributed by atoms with Gasteiger partial charge in [0.2, 0.25) is 29.5 Å². The monoisotopic (exact) mass is 440 g/mol. The molecule has 1 fully saturated rings. The Balaban J connectivity index is 1.50. The number of amides is 5. The van der Waals surface area contributed by atoms with Crippen molar-refractivity contribution in [3.8, 4) is 0 Å². The average Bonchev–Trinajstić information content (AvgIpc) is 3.01. The largest absolute Gasteiger partial charge is 0.334 e. The zero-order valence-electron chi connectivity index (χ0n) is 18.3. The maximum Gasteiger partial charge on any atom is 0.243 e. The molecule has 0 spiro atoms. The summed E-state index contributed by atoms with van der Waals surface area (Å²) in [6.07, 6.45) is 4.95. The van der Waals surface area contributed by atoms with Crippen LogP contribution in [0.15, 0.2) is 36.4 Å². The van der Waals surface area contributed by atoms with E-state index in [9.17, 15) is 24.0 Å². The standard InChI is InChI=1S/C23H28N4O5/c1-3-26(14-20(29)25-17-10-8-16(9-11-17)24-15(2)28)21(30)12-13-27-22(31)18-6-4-5-7-19(18)23(27)32/h4-5,8-11,18-19H,3,6-7,12-14H2,1-2H3,(H,24,28)(H,25,29). The Morgan fingerprint density at radius 3 is 2.00 bits per heavy atom. The molecule has 0 bridgehead atoms. The topological polar surface area (TPSA) is 116 Å². The van der Waals surface area contributed by atoms with Crippen LogP contribution in [0.4, 0.5) is 11.4 Å². The van der Waals surface area contributed by atoms with E-state index in [4.69, 9.17) is 0 Å². The van der Waals surface area contributed by atoms with Gasteiger partial charge in [-0.2, -0.15) is 0 Å². The fourth-order valence-electron chi connectivity index (χ4n) is 4.05. The number of rotatable bonds is 8. The van der Waals surface area contributed by atoms with E-state index in [0.29, 0.717) is 30.8 Å². The third kappa shape index (κ3) is 5.40. The Morgan fingerprint density at radius 2 is 1.50 bits per heavy atom. The van der Waals surface area contributed by atoms with Gasteiger partial charge in [0.05, 0.1) is 18.4 Å². The number of carbonyl (C=O) groups excluding carboxylic acids is 5. The van der Waals surface area contributed by atoms with Crippen molar-refractivity contribution in [2.75, 3.05) is 30.3 Å². The molecule has 1 aromatic rings. The summed E-state index contributed by atoms with van der Waals surface area (Å²) >= 11 is 0. The highest BCUT2D eigenvalue weighted by molar-refractivity contribution is 6.05. The fourth-order valence-corrected chi connectivity index (χ4v) is 4.05. The van der Waals surface area contributed by atoms with Gasteiger partial charge in [-0.05, 0) is 44.0 Å². The van der Waals surface area contributed by atoms with Gasteiger partial charge in [-0.3, -0.25) is 28.9 Å². The number of carbonyl (C=O) groups is 5. The minimum absolute atomic E-state index is 0.0170. The van der Waals surface area contributed by atoms with Crippen LogP contribution in [0.1, 0.15) is 33.1 Å². The average molecular weight is 441 g/mol. The lowest BCUT2D eigenvalue weighted by atomic mass is 9.85. The van der Waals surface area contributed by atoms with E-state index in [2.05, 4.69) is 10.6 Å². The molecule has 2 atom stereocenters. The lowest BCUT2D eigenvalue weighted by Gasteiger charge is -2.22. The lowest BCUT2D eigenvalue weighted by molar-refractivity contribution is -0.141. The fraction of sp³-hybridized carbons (Fsp3) is 0.435. The van der Waals surface area contributed by atoms with Crippen LogP contribution in [0.3, 0.4) is 0 Å². The molecule has 2 aliphatic rings. The second kappa shape index (κ2) is 10.2. The highest BCUT2D eigenvalue weighted by Crippen LogP contribution is 2.35. The minimum Gasteiger partial charge on any atom is -0.334 e. The number of fused-ring (bicyclic) bond motifs is 1. The smallest absolute Gasteiger partial charge is 0.243 e. The summed E-state index contributed by atoms with van der Waals surface area (Å²) < 4.78 is 0. The normalized spacial score (nSPS) is 19.5. The third-order valence-electron chi connectivity index (χ3n) is 5.71. The molecular weight excluding hydrogens is 412 g/mol. The summed E-state index contributed by atoms with van der Waals surface area (Å²) in [6.45, 7) is 3.39. The summed E-state index contributed by atoms with van der Waals surface area (Å²) in [4.78, 5) is 63.7. The van der Waals surface area contributed by atoms with Gasteiger partial charge in [0.25, 0.3) is 0 Å². The van der Waals surface area contributed by atoms with E-state index in [1.165, 1.54) is 16.7 Å². The Kier molecular flexibility index (Phi) is 7.40. The van der Waals surface area contributed by atoms with Crippen molar-refractivity contribution in [3.63, 3.8) is 0 Å². The van der Waals surface area contributed by atoms with Crippen LogP contribution in [0.25, 0.3) is 0 Å². The van der Waals surface area contributed by atoms with Gasteiger partial charge in [-0.25, -0.2) is 0 Å². The molecule has 1 aromatic carbocycles. The number of allylic oxidation sites excluding steroid dienone is 2. The molecule has 170 valence electrons. The summed E-state index contributed by atoms with van der Waals surface area (Å²) in [5.41, 5.74) is 1.15. The number of hydrogen-bond acceptors (Lipinski definition) is 5. The summed E-state index contributed by atoms with van der Waals surface area (Å²) in [7, 11) is 0. The van der Waals surface area contributed by atoms with Crippen molar-refractivity contribution in [2.24, 2.45) is 11.8 Å². The molecule has 5 amide bonds. The maximum absolute atomic E-state index is 12.6. The van der Waals surface area contributed by atoms with Crippen LogP contribution < -0.4 is 10.6 Å². The molecule has 9 nitrogen and oxygen atoms in total. The van der Waals surface area contributed by atoms with Crippen molar-refractivity contribution in [3.05, 3.63) is 36.4 Å². The summed E-state index contributed by atoms with van der Waals surface area (Å²) in [6, 6.07) is 6.63. The van der Waals surface area contributed by atoms with Gasteiger partial charge in [0.1, 0.15) is 0 Å². The molecule has 9 heteroatoms. The van der Waals surface area contributed by atoms with Gasteiger partial charge in [0.15, 0.2) is 0 Å². The maximum atomic E-state index is 12.6. The number of likely N-dealkylation sites (tertiary alicyclic amines) is 1. The zero-order valence-corrected chi connectivity index (χ0v) is 18.3. The Bertz CT molecular complexity index is 914. The molecule has 1 heterocycles. The number of hydrogen-bond donors (Lipinski definition) is 2. The molecule has 1 aliphatic heterocycles. The van der Waals surface area contributed by atoms with Crippen molar-refractivity contribution in [1.29, 1.82) is 0 Å². The highest BCUT2D eigenvalue weighted by Gasteiger charge is 2.47. The molecule has 0 aromatic heterocycles. The Labute approximate surface area is 186 Å². The molecule has 0 saturated carbocycles. The van der Waals surface area contributed by atoms with Crippen molar-refractivity contribution in [1.82, 2.24) is 9.80 Å². The van der Waals surface area contributed by atoms with E-state index in [0.717, 1.165) is 0 Å². The number of nitrogens with zero attached hydrogens (tertiary/aromatic N) is 2. The first-order chi connectivity index (χ1) is 15.3. The number of likely N-dealkylation sites (N-methyl/N-ethyl adjacent to an activating group) is 1. The predicted octanol–water partition coefficient (Wildman–Crippen LogP) is 1.77. The Hall–Kier alpha value is -3.49. The van der Waals surface area contributed by atoms with E-state index in [1.807, 2.05) is 12.2 Å². The molecule has 2 unspecified atom stereocenters. The molecule has 1 saturated heterocycles. The van der Waals surface area contributed by atoms with Gasteiger partial charge >= 0.3 is 0 Å². The minimum atomic E-state index is -0.363. The second-order valence-electron chi connectivity index (χ2n) is 7.95. The van der Waals surface area contributed by atoms with Crippen molar-refractivity contribution < 1.29 is 24.0 Å². The lowest BCUT2D eigenvalue weighted by Crippen LogP contribution is -2.40. The van der Waals surface area contributed by atoms with E-state index >= 15 is 0 Å². The van der Waals surface area contributed by atoms with Gasteiger partial charge in [-0.15, -0.1) is 0 Å². The first-order valence-electron chi connectivity index (χ1n) is 10.8. The SMILES string of the molecule is CCN(CC(=O)Nc1ccc(NC(C)=O)cc1)C(=O)CCN1C(=O)C2CC=CCC2C1=O. The van der Waals surface area contributed by atoms with Gasteiger partial charge in [0, 0.05) is 37.8 Å². The third-order valence-corrected chi connectivity index (χ3v) is 5.71. The Morgan fingerprint density at radius 1 is 0.969 bits per heavy atom. The number of benzene rings is 1. The molecule has 1 aliphatic carbocycles. The van der Waals surface area contributed by atoms with E-state index in [1.54, 1.807) is 31.2 Å². The molecular formula is C23H28N4O5. The van der Waals surface area contributed by atoms with Crippen molar-refractivity contribution >= 4 is 40.9 Å². The molecule has 3 rings (SSSR count). The van der Waals surface area contributed by atoms with E-state index in [-0.39, 0.29) is 60.9 Å². The zero-order chi connectivity index (χ0) is 23.3. The van der Waals surface area contributed by atoms with Crippen molar-refractivity contribution in [2.45, 2.75) is 33.1 Å². The second-order valence-corrected chi connectivity index (χ2v) is 7.95. The molecule has 32 heavy (non-hydrogen) atoms. The predicted molar refractivity (Wildman–Crippen MR) is 118 cm³/mol. The molecule has 2 N–H and O–H groups in total. The molecule has 0 radical (unpaired) electrons. The van der Waals surface area contributed by atoms with Crippen LogP contribution in [0, 0.1) is 11.8 Å². The van der Waals surface area contributed by atoms with Crippen LogP contribution in [-0.4, -0.2) is 59.0 Å². The summed E-state index contributed by atoms with van der Waals surface area (Å²) in [5, 5.41) is 5.36. The summed E-state index contributed by atoms with van der Waals surface area (Å²) in [5.74, 6) is -1.89. The van der Waals surface area contributed by atoms with Gasteiger partial charge < -0.3 is 15.5 Å². The quantitative estimate of drug-likeness (QED) is 0.472. The first-order valence-corrected chi connectivity index (χ1v) is 10.8. The first kappa shape index (κ1) is 23.2. The van der Waals surface area contributed by atoms with Gasteiger partial charge in [-0.1, -0.05) is 12.2 Å². The number of anilines is 2. The number of imide groups is 1. The van der Waals surface area contributed by atoms with Crippen LogP contribution in [0.2, 0.25) is 0 Å². The van der Waals surface area contributed by atoms with Crippen LogP contribution in [0.5, 0.6) is 0 Å². The number of nitrogens with one attached hydrogen (secondary N) is 2. The van der Waals surface area contributed by atoms with Crippen LogP contribution >= 0.6 is 0 Å². The van der Waals surface area contributed by atoms with Crippen LogP contribution in [-0.2, 0) is 24.0 Å².